The summed E-state index contributed by atoms with van der Waals surface area (Å²) >= 11 is 0. The molecule has 5 nitrogen and oxygen atoms in total. The standard InChI is InChI=1S/C14H27N3O2S/c1-5-7-12(3)16-20(18,19)14-9-13(17(4)11-14)10-15-8-6-2/h9,11-12,15-16H,5-8,10H2,1-4H3. The van der Waals surface area contributed by atoms with Crippen LogP contribution in [0.5, 0.6) is 0 Å². The lowest BCUT2D eigenvalue weighted by atomic mass is 10.2. The Morgan fingerprint density at radius 2 is 2.00 bits per heavy atom. The molecule has 0 amide bonds. The van der Waals surface area contributed by atoms with Crippen LogP contribution in [0.1, 0.15) is 45.7 Å². The first-order chi connectivity index (χ1) is 9.40. The molecule has 1 heterocycles. The molecule has 0 saturated heterocycles. The maximum Gasteiger partial charge on any atom is 0.242 e. The van der Waals surface area contributed by atoms with E-state index in [4.69, 9.17) is 0 Å². The van der Waals surface area contributed by atoms with Crippen LogP contribution in [0.2, 0.25) is 0 Å². The van der Waals surface area contributed by atoms with Crippen molar-refractivity contribution in [3.8, 4) is 0 Å². The van der Waals surface area contributed by atoms with Gasteiger partial charge >= 0.3 is 0 Å². The number of hydrogen-bond acceptors (Lipinski definition) is 3. The zero-order valence-electron chi connectivity index (χ0n) is 12.9. The van der Waals surface area contributed by atoms with Crippen molar-refractivity contribution in [3.63, 3.8) is 0 Å². The Hall–Kier alpha value is -0.850. The molecule has 6 heteroatoms. The van der Waals surface area contributed by atoms with E-state index >= 15 is 0 Å². The minimum absolute atomic E-state index is 0.0353. The fourth-order valence-electron chi connectivity index (χ4n) is 2.12. The van der Waals surface area contributed by atoms with E-state index in [2.05, 4.69) is 17.0 Å². The molecular formula is C14H27N3O2S. The van der Waals surface area contributed by atoms with Gasteiger partial charge in [-0.05, 0) is 32.4 Å². The van der Waals surface area contributed by atoms with Gasteiger partial charge in [0.25, 0.3) is 0 Å². The number of sulfonamides is 1. The van der Waals surface area contributed by atoms with Crippen LogP contribution in [0.15, 0.2) is 17.2 Å². The third kappa shape index (κ3) is 4.92. The van der Waals surface area contributed by atoms with Crippen LogP contribution in [-0.4, -0.2) is 25.6 Å². The highest BCUT2D eigenvalue weighted by Crippen LogP contribution is 2.14. The summed E-state index contributed by atoms with van der Waals surface area (Å²) < 4.78 is 29.1. The smallest absolute Gasteiger partial charge is 0.242 e. The number of aryl methyl sites for hydroxylation is 1. The molecule has 0 saturated carbocycles. The Labute approximate surface area is 122 Å². The molecular weight excluding hydrogens is 274 g/mol. The molecule has 0 aliphatic carbocycles. The van der Waals surface area contributed by atoms with Crippen LogP contribution < -0.4 is 10.0 Å². The van der Waals surface area contributed by atoms with Crippen molar-refractivity contribution >= 4 is 10.0 Å². The Morgan fingerprint density at radius 3 is 2.60 bits per heavy atom. The lowest BCUT2D eigenvalue weighted by molar-refractivity contribution is 0.544. The van der Waals surface area contributed by atoms with Crippen LogP contribution >= 0.6 is 0 Å². The van der Waals surface area contributed by atoms with Crippen molar-refractivity contribution in [1.29, 1.82) is 0 Å². The van der Waals surface area contributed by atoms with Crippen molar-refractivity contribution in [3.05, 3.63) is 18.0 Å². The van der Waals surface area contributed by atoms with Crippen LogP contribution in [0, 0.1) is 0 Å². The summed E-state index contributed by atoms with van der Waals surface area (Å²) in [5.41, 5.74) is 0.974. The van der Waals surface area contributed by atoms with Crippen molar-refractivity contribution in [2.75, 3.05) is 6.54 Å². The number of aromatic nitrogens is 1. The van der Waals surface area contributed by atoms with Crippen molar-refractivity contribution in [1.82, 2.24) is 14.6 Å². The third-order valence-corrected chi connectivity index (χ3v) is 4.76. The number of nitrogens with one attached hydrogen (secondary N) is 2. The van der Waals surface area contributed by atoms with Gasteiger partial charge in [-0.3, -0.25) is 0 Å². The lowest BCUT2D eigenvalue weighted by Gasteiger charge is -2.11. The highest BCUT2D eigenvalue weighted by atomic mass is 32.2. The van der Waals surface area contributed by atoms with Gasteiger partial charge in [-0.1, -0.05) is 20.3 Å². The monoisotopic (exact) mass is 301 g/mol. The van der Waals surface area contributed by atoms with E-state index in [1.807, 2.05) is 25.5 Å². The first-order valence-corrected chi connectivity index (χ1v) is 8.77. The third-order valence-electron chi connectivity index (χ3n) is 3.20. The normalized spacial score (nSPS) is 13.6. The van der Waals surface area contributed by atoms with Crippen molar-refractivity contribution in [2.24, 2.45) is 7.05 Å². The van der Waals surface area contributed by atoms with Gasteiger partial charge in [0.05, 0.1) is 4.90 Å². The molecule has 0 fully saturated rings. The highest BCUT2D eigenvalue weighted by molar-refractivity contribution is 7.89. The van der Waals surface area contributed by atoms with Crippen LogP contribution in [0.4, 0.5) is 0 Å². The first kappa shape index (κ1) is 17.2. The summed E-state index contributed by atoms with van der Waals surface area (Å²) in [6.07, 6.45) is 4.54. The number of hydrogen-bond donors (Lipinski definition) is 2. The Bertz CT molecular complexity index is 508. The number of rotatable bonds is 9. The van der Waals surface area contributed by atoms with E-state index < -0.39 is 10.0 Å². The molecule has 1 atom stereocenters. The molecule has 0 aromatic carbocycles. The van der Waals surface area contributed by atoms with Crippen LogP contribution in [0.25, 0.3) is 0 Å². The molecule has 0 radical (unpaired) electrons. The van der Waals surface area contributed by atoms with Gasteiger partial charge in [0.1, 0.15) is 0 Å². The van der Waals surface area contributed by atoms with Crippen LogP contribution in [-0.2, 0) is 23.6 Å². The second-order valence-corrected chi connectivity index (χ2v) is 6.98. The number of nitrogens with zero attached hydrogens (tertiary/aromatic N) is 1. The Kier molecular flexibility index (Phi) is 6.71. The summed E-state index contributed by atoms with van der Waals surface area (Å²) in [6, 6.07) is 1.70. The highest BCUT2D eigenvalue weighted by Gasteiger charge is 2.19. The molecule has 0 aliphatic heterocycles. The fraction of sp³-hybridized carbons (Fsp3) is 0.714. The second-order valence-electron chi connectivity index (χ2n) is 5.27. The minimum Gasteiger partial charge on any atom is -0.352 e. The van der Waals surface area contributed by atoms with Gasteiger partial charge < -0.3 is 9.88 Å². The predicted molar refractivity (Wildman–Crippen MR) is 82.1 cm³/mol. The van der Waals surface area contributed by atoms with Crippen molar-refractivity contribution in [2.45, 2.75) is 57.5 Å². The van der Waals surface area contributed by atoms with Gasteiger partial charge in [-0.25, -0.2) is 13.1 Å². The summed E-state index contributed by atoms with van der Waals surface area (Å²) in [5.74, 6) is 0. The summed E-state index contributed by atoms with van der Waals surface area (Å²) in [5, 5.41) is 3.28. The van der Waals surface area contributed by atoms with Gasteiger partial charge in [0, 0.05) is 31.5 Å². The molecule has 20 heavy (non-hydrogen) atoms. The van der Waals surface area contributed by atoms with Gasteiger partial charge in [-0.15, -0.1) is 0 Å². The Morgan fingerprint density at radius 1 is 1.30 bits per heavy atom. The molecule has 116 valence electrons. The average Bonchev–Trinajstić information content (AvgIpc) is 2.72. The van der Waals surface area contributed by atoms with Crippen molar-refractivity contribution < 1.29 is 8.42 Å². The van der Waals surface area contributed by atoms with E-state index in [9.17, 15) is 8.42 Å². The molecule has 1 aromatic rings. The van der Waals surface area contributed by atoms with E-state index in [0.717, 1.165) is 31.5 Å². The fourth-order valence-corrected chi connectivity index (χ4v) is 3.49. The maximum absolute atomic E-state index is 12.3. The maximum atomic E-state index is 12.3. The molecule has 1 aromatic heterocycles. The largest absolute Gasteiger partial charge is 0.352 e. The predicted octanol–water partition coefficient (Wildman–Crippen LogP) is 1.99. The Balaban J connectivity index is 2.78. The summed E-state index contributed by atoms with van der Waals surface area (Å²) in [4.78, 5) is 0.344. The molecule has 1 rings (SSSR count). The average molecular weight is 301 g/mol. The molecule has 0 spiro atoms. The summed E-state index contributed by atoms with van der Waals surface area (Å²) in [7, 11) is -1.54. The SMILES string of the molecule is CCCNCc1cc(S(=O)(=O)NC(C)CCC)cn1C. The lowest BCUT2D eigenvalue weighted by Crippen LogP contribution is -2.32. The molecule has 0 aliphatic rings. The van der Waals surface area contributed by atoms with E-state index in [1.165, 1.54) is 0 Å². The first-order valence-electron chi connectivity index (χ1n) is 7.29. The molecule has 2 N–H and O–H groups in total. The quantitative estimate of drug-likeness (QED) is 0.686. The molecule has 0 bridgehead atoms. The summed E-state index contributed by atoms with van der Waals surface area (Å²) in [6.45, 7) is 7.66. The zero-order chi connectivity index (χ0) is 15.2. The topological polar surface area (TPSA) is 63.1 Å². The van der Waals surface area contributed by atoms with E-state index in [1.54, 1.807) is 12.3 Å². The zero-order valence-corrected chi connectivity index (χ0v) is 13.8. The van der Waals surface area contributed by atoms with Gasteiger partial charge in [0.15, 0.2) is 0 Å². The van der Waals surface area contributed by atoms with Gasteiger partial charge in [-0.2, -0.15) is 0 Å². The minimum atomic E-state index is -3.41. The molecule has 1 unspecified atom stereocenters. The van der Waals surface area contributed by atoms with E-state index in [-0.39, 0.29) is 6.04 Å². The van der Waals surface area contributed by atoms with Gasteiger partial charge in [0.2, 0.25) is 10.0 Å². The van der Waals surface area contributed by atoms with E-state index in [0.29, 0.717) is 11.4 Å². The second kappa shape index (κ2) is 7.81. The van der Waals surface area contributed by atoms with Crippen LogP contribution in [0.3, 0.4) is 0 Å².